The Hall–Kier alpha value is -2.18. The molecule has 4 rings (SSSR count). The van der Waals surface area contributed by atoms with Crippen LogP contribution in [0.25, 0.3) is 0 Å². The van der Waals surface area contributed by atoms with Crippen LogP contribution in [0.1, 0.15) is 60.0 Å². The van der Waals surface area contributed by atoms with Crippen molar-refractivity contribution in [3.8, 4) is 0 Å². The van der Waals surface area contributed by atoms with Gasteiger partial charge >= 0.3 is 0 Å². The predicted molar refractivity (Wildman–Crippen MR) is 123 cm³/mol. The molecule has 5 nitrogen and oxygen atoms in total. The fourth-order valence-electron chi connectivity index (χ4n) is 4.66. The van der Waals surface area contributed by atoms with Crippen LogP contribution >= 0.6 is 0 Å². The fourth-order valence-corrected chi connectivity index (χ4v) is 6.22. The lowest BCUT2D eigenvalue weighted by atomic mass is 9.96. The lowest BCUT2D eigenvalue weighted by Gasteiger charge is -2.31. The second-order valence-corrected chi connectivity index (χ2v) is 11.0. The van der Waals surface area contributed by atoms with Gasteiger partial charge in [-0.1, -0.05) is 48.0 Å². The number of carbonyl (C=O) groups is 1. The van der Waals surface area contributed by atoms with Crippen molar-refractivity contribution in [3.63, 3.8) is 0 Å². The molecule has 0 aromatic heterocycles. The molecule has 0 saturated carbocycles. The van der Waals surface area contributed by atoms with Gasteiger partial charge in [0.2, 0.25) is 15.9 Å². The van der Waals surface area contributed by atoms with E-state index in [2.05, 4.69) is 23.5 Å². The third-order valence-electron chi connectivity index (χ3n) is 6.67. The summed E-state index contributed by atoms with van der Waals surface area (Å²) in [6.45, 7) is 4.81. The lowest BCUT2D eigenvalue weighted by molar-refractivity contribution is -0.126. The highest BCUT2D eigenvalue weighted by Gasteiger charge is 2.31. The van der Waals surface area contributed by atoms with Gasteiger partial charge in [0.05, 0.1) is 11.8 Å². The van der Waals surface area contributed by atoms with Gasteiger partial charge < -0.3 is 5.32 Å². The lowest BCUT2D eigenvalue weighted by Crippen LogP contribution is -2.43. The number of nitrogens with zero attached hydrogens (tertiary/aromatic N) is 1. The molecule has 0 spiro atoms. The smallest absolute Gasteiger partial charge is 0.223 e. The number of nitrogens with one attached hydrogen (secondary N) is 1. The summed E-state index contributed by atoms with van der Waals surface area (Å²) in [7, 11) is -3.37. The van der Waals surface area contributed by atoms with Gasteiger partial charge in [0, 0.05) is 19.0 Å². The number of rotatable bonds is 6. The van der Waals surface area contributed by atoms with Crippen molar-refractivity contribution >= 4 is 15.9 Å². The Balaban J connectivity index is 1.30. The van der Waals surface area contributed by atoms with E-state index in [-0.39, 0.29) is 23.6 Å². The van der Waals surface area contributed by atoms with Crippen LogP contribution in [0, 0.1) is 12.8 Å². The van der Waals surface area contributed by atoms with Crippen LogP contribution in [-0.4, -0.2) is 31.7 Å². The van der Waals surface area contributed by atoms with E-state index in [1.165, 1.54) is 17.5 Å². The van der Waals surface area contributed by atoms with Crippen LogP contribution in [0.4, 0.5) is 0 Å². The van der Waals surface area contributed by atoms with Crippen LogP contribution < -0.4 is 5.32 Å². The van der Waals surface area contributed by atoms with Crippen molar-refractivity contribution in [1.29, 1.82) is 0 Å². The number of hydrogen-bond donors (Lipinski definition) is 1. The molecule has 6 heteroatoms. The summed E-state index contributed by atoms with van der Waals surface area (Å²) in [5.41, 5.74) is 5.90. The van der Waals surface area contributed by atoms with Crippen molar-refractivity contribution in [2.45, 2.75) is 57.7 Å². The van der Waals surface area contributed by atoms with Crippen LogP contribution in [0.3, 0.4) is 0 Å². The highest BCUT2D eigenvalue weighted by atomic mass is 32.2. The molecule has 2 aromatic rings. The Bertz CT molecular complexity index is 1040. The predicted octanol–water partition coefficient (Wildman–Crippen LogP) is 3.90. The summed E-state index contributed by atoms with van der Waals surface area (Å²) >= 11 is 0. The average Bonchev–Trinajstić information content (AvgIpc) is 3.23. The zero-order valence-corrected chi connectivity index (χ0v) is 19.2. The van der Waals surface area contributed by atoms with E-state index in [9.17, 15) is 13.2 Å². The highest BCUT2D eigenvalue weighted by Crippen LogP contribution is 2.27. The van der Waals surface area contributed by atoms with E-state index < -0.39 is 10.0 Å². The maximum atomic E-state index is 12.8. The molecule has 1 aliphatic heterocycles. The zero-order chi connectivity index (χ0) is 22.0. The second kappa shape index (κ2) is 9.13. The van der Waals surface area contributed by atoms with Gasteiger partial charge in [-0.25, -0.2) is 12.7 Å². The molecule has 0 radical (unpaired) electrons. The maximum Gasteiger partial charge on any atom is 0.223 e. The van der Waals surface area contributed by atoms with Crippen molar-refractivity contribution in [3.05, 3.63) is 70.3 Å². The summed E-state index contributed by atoms with van der Waals surface area (Å²) in [6, 6.07) is 14.1. The SMILES string of the molecule is Cc1ccc(CS(=O)(=O)N2CCC(C(=O)NC(C)c3ccc4c(c3)CCC4)CC2)cc1. The van der Waals surface area contributed by atoms with E-state index >= 15 is 0 Å². The van der Waals surface area contributed by atoms with Gasteiger partial charge in [-0.15, -0.1) is 0 Å². The Morgan fingerprint density at radius 3 is 2.45 bits per heavy atom. The zero-order valence-electron chi connectivity index (χ0n) is 18.4. The van der Waals surface area contributed by atoms with Crippen molar-refractivity contribution < 1.29 is 13.2 Å². The molecule has 2 aliphatic rings. The van der Waals surface area contributed by atoms with Crippen molar-refractivity contribution in [2.75, 3.05) is 13.1 Å². The first kappa shape index (κ1) is 22.0. The molecule has 1 N–H and O–H groups in total. The van der Waals surface area contributed by atoms with Crippen LogP contribution in [-0.2, 0) is 33.4 Å². The fraction of sp³-hybridized carbons (Fsp3) is 0.480. The molecule has 1 amide bonds. The number of piperidine rings is 1. The molecule has 1 saturated heterocycles. The average molecular weight is 441 g/mol. The van der Waals surface area contributed by atoms with E-state index in [1.807, 2.05) is 38.1 Å². The summed E-state index contributed by atoms with van der Waals surface area (Å²) < 4.78 is 27.1. The molecular weight excluding hydrogens is 408 g/mol. The molecule has 1 heterocycles. The minimum absolute atomic E-state index is 0.0134. The van der Waals surface area contributed by atoms with Gasteiger partial charge in [0.15, 0.2) is 0 Å². The van der Waals surface area contributed by atoms with Gasteiger partial charge in [-0.2, -0.15) is 0 Å². The Morgan fingerprint density at radius 2 is 1.74 bits per heavy atom. The quantitative estimate of drug-likeness (QED) is 0.741. The van der Waals surface area contributed by atoms with Crippen LogP contribution in [0.2, 0.25) is 0 Å². The molecule has 1 unspecified atom stereocenters. The number of fused-ring (bicyclic) bond motifs is 1. The molecule has 0 bridgehead atoms. The Kier molecular flexibility index (Phi) is 6.49. The number of benzene rings is 2. The van der Waals surface area contributed by atoms with Gasteiger partial charge in [-0.05, 0) is 68.2 Å². The minimum atomic E-state index is -3.37. The summed E-state index contributed by atoms with van der Waals surface area (Å²) in [4.78, 5) is 12.8. The van der Waals surface area contributed by atoms with Gasteiger partial charge in [0.1, 0.15) is 0 Å². The standard InChI is InChI=1S/C25H32N2O3S/c1-18-6-8-20(9-7-18)17-31(29,30)27-14-12-22(13-15-27)25(28)26-19(2)23-11-10-21-4-3-5-24(21)16-23/h6-11,16,19,22H,3-5,12-15,17H2,1-2H3,(H,26,28). The largest absolute Gasteiger partial charge is 0.349 e. The number of sulfonamides is 1. The maximum absolute atomic E-state index is 12.8. The van der Waals surface area contributed by atoms with Crippen LogP contribution in [0.15, 0.2) is 42.5 Å². The molecule has 1 fully saturated rings. The van der Waals surface area contributed by atoms with Crippen molar-refractivity contribution in [1.82, 2.24) is 9.62 Å². The number of carbonyl (C=O) groups excluding carboxylic acids is 1. The monoisotopic (exact) mass is 440 g/mol. The molecular formula is C25H32N2O3S. The molecule has 31 heavy (non-hydrogen) atoms. The first-order valence-corrected chi connectivity index (χ1v) is 12.9. The van der Waals surface area contributed by atoms with E-state index in [0.29, 0.717) is 25.9 Å². The third kappa shape index (κ3) is 5.18. The second-order valence-electron chi connectivity index (χ2n) is 9.03. The Morgan fingerprint density at radius 1 is 1.06 bits per heavy atom. The first-order chi connectivity index (χ1) is 14.8. The first-order valence-electron chi connectivity index (χ1n) is 11.3. The molecule has 166 valence electrons. The van der Waals surface area contributed by atoms with E-state index in [1.54, 1.807) is 4.31 Å². The van der Waals surface area contributed by atoms with Gasteiger partial charge in [-0.3, -0.25) is 4.79 Å². The molecule has 1 aliphatic carbocycles. The highest BCUT2D eigenvalue weighted by molar-refractivity contribution is 7.88. The van der Waals surface area contributed by atoms with Crippen LogP contribution in [0.5, 0.6) is 0 Å². The number of amides is 1. The minimum Gasteiger partial charge on any atom is -0.349 e. The molecule has 1 atom stereocenters. The van der Waals surface area contributed by atoms with Gasteiger partial charge in [0.25, 0.3) is 0 Å². The summed E-state index contributed by atoms with van der Waals surface area (Å²) in [6.07, 6.45) is 4.62. The number of hydrogen-bond acceptors (Lipinski definition) is 3. The molecule has 2 aromatic carbocycles. The van der Waals surface area contributed by atoms with E-state index in [0.717, 1.165) is 29.5 Å². The van der Waals surface area contributed by atoms with Crippen molar-refractivity contribution in [2.24, 2.45) is 5.92 Å². The normalized spacial score (nSPS) is 18.5. The summed E-state index contributed by atoms with van der Waals surface area (Å²) in [5, 5.41) is 3.15. The summed E-state index contributed by atoms with van der Waals surface area (Å²) in [5.74, 6) is -0.0919. The number of aryl methyl sites for hydroxylation is 3. The third-order valence-corrected chi connectivity index (χ3v) is 8.52. The van der Waals surface area contributed by atoms with E-state index in [4.69, 9.17) is 0 Å². The Labute approximate surface area is 185 Å². The topological polar surface area (TPSA) is 66.5 Å².